The van der Waals surface area contributed by atoms with Gasteiger partial charge >= 0.3 is 0 Å². The van der Waals surface area contributed by atoms with E-state index in [9.17, 15) is 0 Å². The van der Waals surface area contributed by atoms with Crippen molar-refractivity contribution in [2.75, 3.05) is 24.7 Å². The Morgan fingerprint density at radius 2 is 1.88 bits per heavy atom. The van der Waals surface area contributed by atoms with E-state index in [2.05, 4.69) is 22.8 Å². The number of nitrogens with zero attached hydrogens (tertiary/aromatic N) is 3. The van der Waals surface area contributed by atoms with Crippen LogP contribution in [0.4, 0.5) is 5.69 Å². The third kappa shape index (κ3) is 2.79. The number of anilines is 1. The maximum Gasteiger partial charge on any atom is 0.247 e. The Hall–Kier alpha value is -1.49. The summed E-state index contributed by atoms with van der Waals surface area (Å²) in [5.41, 5.74) is 2.08. The number of benzene rings is 1. The standard InChI is InChI=1S/C12H15N3OS/c1-15(2)10-5-3-9(4-6-10)12-14-13-11(16-12)7-8-17/h3-6,17H,7-8H2,1-2H3. The van der Waals surface area contributed by atoms with E-state index >= 15 is 0 Å². The van der Waals surface area contributed by atoms with Gasteiger partial charge in [-0.05, 0) is 30.0 Å². The maximum atomic E-state index is 5.53. The van der Waals surface area contributed by atoms with Gasteiger partial charge in [0.05, 0.1) is 0 Å². The fraction of sp³-hybridized carbons (Fsp3) is 0.333. The highest BCUT2D eigenvalue weighted by atomic mass is 32.1. The fourth-order valence-electron chi connectivity index (χ4n) is 1.47. The summed E-state index contributed by atoms with van der Waals surface area (Å²) in [6.07, 6.45) is 0.700. The van der Waals surface area contributed by atoms with Crippen molar-refractivity contribution < 1.29 is 4.42 Å². The van der Waals surface area contributed by atoms with Crippen LogP contribution in [0.25, 0.3) is 11.5 Å². The molecule has 4 nitrogen and oxygen atoms in total. The molecule has 2 rings (SSSR count). The summed E-state index contributed by atoms with van der Waals surface area (Å²) in [6.45, 7) is 0. The van der Waals surface area contributed by atoms with Gasteiger partial charge in [-0.2, -0.15) is 12.6 Å². The average Bonchev–Trinajstić information content (AvgIpc) is 2.78. The summed E-state index contributed by atoms with van der Waals surface area (Å²) in [7, 11) is 4.01. The van der Waals surface area contributed by atoms with Gasteiger partial charge in [0.15, 0.2) is 0 Å². The largest absolute Gasteiger partial charge is 0.421 e. The van der Waals surface area contributed by atoms with Gasteiger partial charge in [0.25, 0.3) is 0 Å². The lowest BCUT2D eigenvalue weighted by molar-refractivity contribution is 0.514. The van der Waals surface area contributed by atoms with Gasteiger partial charge in [0.2, 0.25) is 11.8 Å². The zero-order chi connectivity index (χ0) is 12.3. The van der Waals surface area contributed by atoms with Crippen LogP contribution in [0, 0.1) is 0 Å². The van der Waals surface area contributed by atoms with Crippen molar-refractivity contribution >= 4 is 18.3 Å². The minimum absolute atomic E-state index is 0.562. The van der Waals surface area contributed by atoms with Crippen LogP contribution in [0.2, 0.25) is 0 Å². The Bertz CT molecular complexity index is 479. The predicted octanol–water partition coefficient (Wildman–Crippen LogP) is 2.27. The highest BCUT2D eigenvalue weighted by molar-refractivity contribution is 7.80. The van der Waals surface area contributed by atoms with E-state index in [0.717, 1.165) is 11.3 Å². The molecule has 0 unspecified atom stereocenters. The quantitative estimate of drug-likeness (QED) is 0.844. The highest BCUT2D eigenvalue weighted by Gasteiger charge is 2.07. The van der Waals surface area contributed by atoms with Crippen molar-refractivity contribution in [2.24, 2.45) is 0 Å². The number of hydrogen-bond acceptors (Lipinski definition) is 5. The van der Waals surface area contributed by atoms with Crippen LogP contribution in [-0.4, -0.2) is 30.0 Å². The first kappa shape index (κ1) is 12.0. The van der Waals surface area contributed by atoms with E-state index < -0.39 is 0 Å². The van der Waals surface area contributed by atoms with Gasteiger partial charge in [0.1, 0.15) is 0 Å². The van der Waals surface area contributed by atoms with Crippen LogP contribution >= 0.6 is 12.6 Å². The van der Waals surface area contributed by atoms with Crippen molar-refractivity contribution in [3.63, 3.8) is 0 Å². The molecule has 0 radical (unpaired) electrons. The molecule has 17 heavy (non-hydrogen) atoms. The topological polar surface area (TPSA) is 42.2 Å². The molecule has 1 aromatic carbocycles. The highest BCUT2D eigenvalue weighted by Crippen LogP contribution is 2.21. The molecule has 2 aromatic rings. The number of aryl methyl sites for hydroxylation is 1. The molecule has 90 valence electrons. The van der Waals surface area contributed by atoms with Crippen molar-refractivity contribution in [1.82, 2.24) is 10.2 Å². The lowest BCUT2D eigenvalue weighted by atomic mass is 10.2. The van der Waals surface area contributed by atoms with Gasteiger partial charge in [-0.1, -0.05) is 0 Å². The van der Waals surface area contributed by atoms with Gasteiger partial charge in [-0.25, -0.2) is 0 Å². The molecular formula is C12H15N3OS. The normalized spacial score (nSPS) is 10.5. The Balaban J connectivity index is 2.21. The number of aromatic nitrogens is 2. The first-order valence-electron chi connectivity index (χ1n) is 5.41. The molecule has 0 aliphatic carbocycles. The monoisotopic (exact) mass is 249 g/mol. The number of hydrogen-bond donors (Lipinski definition) is 1. The smallest absolute Gasteiger partial charge is 0.247 e. The molecule has 5 heteroatoms. The second-order valence-electron chi connectivity index (χ2n) is 3.92. The fourth-order valence-corrected chi connectivity index (χ4v) is 1.66. The van der Waals surface area contributed by atoms with E-state index in [1.54, 1.807) is 0 Å². The first-order chi connectivity index (χ1) is 8.20. The SMILES string of the molecule is CN(C)c1ccc(-c2nnc(CCS)o2)cc1. The van der Waals surface area contributed by atoms with E-state index in [1.165, 1.54) is 0 Å². The molecule has 0 saturated heterocycles. The predicted molar refractivity (Wildman–Crippen MR) is 71.6 cm³/mol. The van der Waals surface area contributed by atoms with Gasteiger partial charge in [0, 0.05) is 31.8 Å². The molecule has 0 aliphatic rings. The molecule has 0 fully saturated rings. The summed E-state index contributed by atoms with van der Waals surface area (Å²) in [5, 5.41) is 7.98. The van der Waals surface area contributed by atoms with E-state index in [-0.39, 0.29) is 0 Å². The zero-order valence-electron chi connectivity index (χ0n) is 9.92. The Morgan fingerprint density at radius 1 is 1.18 bits per heavy atom. The molecular weight excluding hydrogens is 234 g/mol. The van der Waals surface area contributed by atoms with E-state index in [1.807, 2.05) is 43.3 Å². The minimum Gasteiger partial charge on any atom is -0.421 e. The minimum atomic E-state index is 0.562. The third-order valence-electron chi connectivity index (χ3n) is 2.42. The summed E-state index contributed by atoms with van der Waals surface area (Å²) in [4.78, 5) is 2.05. The van der Waals surface area contributed by atoms with Gasteiger partial charge < -0.3 is 9.32 Å². The molecule has 0 bridgehead atoms. The van der Waals surface area contributed by atoms with Crippen LogP contribution < -0.4 is 4.90 Å². The molecule has 1 heterocycles. The van der Waals surface area contributed by atoms with Gasteiger partial charge in [-0.15, -0.1) is 10.2 Å². The lowest BCUT2D eigenvalue weighted by Gasteiger charge is -2.11. The summed E-state index contributed by atoms with van der Waals surface area (Å²) >= 11 is 4.13. The van der Waals surface area contributed by atoms with Crippen LogP contribution in [0.5, 0.6) is 0 Å². The molecule has 0 atom stereocenters. The summed E-state index contributed by atoms with van der Waals surface area (Å²) < 4.78 is 5.53. The number of rotatable bonds is 4. The summed E-state index contributed by atoms with van der Waals surface area (Å²) in [6, 6.07) is 8.01. The van der Waals surface area contributed by atoms with Crippen LogP contribution in [-0.2, 0) is 6.42 Å². The van der Waals surface area contributed by atoms with E-state index in [0.29, 0.717) is 24.0 Å². The average molecular weight is 249 g/mol. The van der Waals surface area contributed by atoms with Crippen molar-refractivity contribution in [1.29, 1.82) is 0 Å². The molecule has 0 N–H and O–H groups in total. The summed E-state index contributed by atoms with van der Waals surface area (Å²) in [5.74, 6) is 1.90. The third-order valence-corrected chi connectivity index (χ3v) is 2.65. The van der Waals surface area contributed by atoms with E-state index in [4.69, 9.17) is 4.42 Å². The number of thiol groups is 1. The van der Waals surface area contributed by atoms with Gasteiger partial charge in [-0.3, -0.25) is 0 Å². The van der Waals surface area contributed by atoms with Crippen molar-refractivity contribution in [3.05, 3.63) is 30.2 Å². The first-order valence-corrected chi connectivity index (χ1v) is 6.05. The lowest BCUT2D eigenvalue weighted by Crippen LogP contribution is -2.07. The zero-order valence-corrected chi connectivity index (χ0v) is 10.8. The molecule has 0 amide bonds. The van der Waals surface area contributed by atoms with Crippen LogP contribution in [0.15, 0.2) is 28.7 Å². The Morgan fingerprint density at radius 3 is 2.47 bits per heavy atom. The second-order valence-corrected chi connectivity index (χ2v) is 4.36. The Kier molecular flexibility index (Phi) is 3.68. The molecule has 1 aromatic heterocycles. The van der Waals surface area contributed by atoms with Crippen molar-refractivity contribution in [2.45, 2.75) is 6.42 Å². The van der Waals surface area contributed by atoms with Crippen LogP contribution in [0.1, 0.15) is 5.89 Å². The molecule has 0 saturated carbocycles. The maximum absolute atomic E-state index is 5.53. The second kappa shape index (κ2) is 5.23. The molecule has 0 spiro atoms. The van der Waals surface area contributed by atoms with Crippen molar-refractivity contribution in [3.8, 4) is 11.5 Å². The Labute approximate surface area is 106 Å². The van der Waals surface area contributed by atoms with Crippen LogP contribution in [0.3, 0.4) is 0 Å². The molecule has 0 aliphatic heterocycles.